The van der Waals surface area contributed by atoms with Crippen molar-refractivity contribution in [1.82, 2.24) is 14.5 Å². The molecule has 0 fully saturated rings. The molecule has 2 aliphatic rings. The zero-order chi connectivity index (χ0) is 8.67. The average Bonchev–Trinajstić information content (AvgIpc) is 2.65. The summed E-state index contributed by atoms with van der Waals surface area (Å²) in [6.07, 6.45) is 10.4. The van der Waals surface area contributed by atoms with Gasteiger partial charge in [0.05, 0.1) is 10.6 Å². The smallest absolute Gasteiger partial charge is 0.109 e. The van der Waals surface area contributed by atoms with Crippen LogP contribution in [0, 0.1) is 0 Å². The van der Waals surface area contributed by atoms with Gasteiger partial charge in [-0.15, -0.1) is 5.10 Å². The fourth-order valence-electron chi connectivity index (χ4n) is 1.52. The van der Waals surface area contributed by atoms with Gasteiger partial charge in [0.25, 0.3) is 0 Å². The summed E-state index contributed by atoms with van der Waals surface area (Å²) < 4.78 is 3.94. The molecule has 0 atom stereocenters. The molecule has 3 rings (SSSR count). The van der Waals surface area contributed by atoms with Crippen LogP contribution in [-0.2, 0) is 0 Å². The van der Waals surface area contributed by atoms with Crippen molar-refractivity contribution in [2.24, 2.45) is 0 Å². The third kappa shape index (κ3) is 0.954. The van der Waals surface area contributed by atoms with Gasteiger partial charge in [-0.1, -0.05) is 16.6 Å². The third-order valence-corrected chi connectivity index (χ3v) is 2.92. The van der Waals surface area contributed by atoms with E-state index in [1.807, 2.05) is 6.08 Å². The first-order valence-electron chi connectivity index (χ1n) is 4.09. The van der Waals surface area contributed by atoms with Crippen LogP contribution in [-0.4, -0.2) is 21.0 Å². The SMILES string of the molecule is C1=CCN2C=Cc3nnsc3C2=C1. The fraction of sp³-hybridized carbons (Fsp3) is 0.111. The van der Waals surface area contributed by atoms with Crippen LogP contribution in [0.5, 0.6) is 0 Å². The van der Waals surface area contributed by atoms with Crippen molar-refractivity contribution in [3.63, 3.8) is 0 Å². The Hall–Kier alpha value is -1.42. The summed E-state index contributed by atoms with van der Waals surface area (Å²) in [5, 5.41) is 4.04. The molecule has 1 aromatic heterocycles. The quantitative estimate of drug-likeness (QED) is 0.622. The summed E-state index contributed by atoms with van der Waals surface area (Å²) in [5.41, 5.74) is 2.21. The van der Waals surface area contributed by atoms with Gasteiger partial charge in [0.15, 0.2) is 0 Å². The van der Waals surface area contributed by atoms with Gasteiger partial charge in [0.1, 0.15) is 5.69 Å². The molecule has 0 bridgehead atoms. The molecule has 0 aliphatic carbocycles. The minimum Gasteiger partial charge on any atom is -0.343 e. The standard InChI is InChI=1S/C9H7N3S/c1-2-5-12-6-4-7-9(8(12)3-1)13-11-10-7/h1-4,6H,5H2. The largest absolute Gasteiger partial charge is 0.343 e. The molecule has 1 aromatic rings. The van der Waals surface area contributed by atoms with Crippen LogP contribution in [0.3, 0.4) is 0 Å². The molecule has 0 unspecified atom stereocenters. The van der Waals surface area contributed by atoms with Crippen LogP contribution in [0.1, 0.15) is 10.6 Å². The van der Waals surface area contributed by atoms with Crippen molar-refractivity contribution in [3.8, 4) is 0 Å². The van der Waals surface area contributed by atoms with Gasteiger partial charge in [-0.3, -0.25) is 0 Å². The molecule has 3 heterocycles. The number of allylic oxidation sites excluding steroid dienone is 2. The Morgan fingerprint density at radius 3 is 3.46 bits per heavy atom. The maximum atomic E-state index is 4.04. The summed E-state index contributed by atoms with van der Waals surface area (Å²) in [7, 11) is 0. The van der Waals surface area contributed by atoms with Crippen molar-refractivity contribution in [1.29, 1.82) is 0 Å². The van der Waals surface area contributed by atoms with E-state index in [4.69, 9.17) is 0 Å². The molecular formula is C9H7N3S. The number of hydrogen-bond donors (Lipinski definition) is 0. The van der Waals surface area contributed by atoms with Gasteiger partial charge in [-0.25, -0.2) is 0 Å². The maximum absolute atomic E-state index is 4.04. The van der Waals surface area contributed by atoms with E-state index in [-0.39, 0.29) is 0 Å². The van der Waals surface area contributed by atoms with Gasteiger partial charge < -0.3 is 4.90 Å². The molecule has 0 N–H and O–H groups in total. The maximum Gasteiger partial charge on any atom is 0.109 e. The van der Waals surface area contributed by atoms with Gasteiger partial charge in [-0.2, -0.15) is 0 Å². The number of fused-ring (bicyclic) bond motifs is 3. The lowest BCUT2D eigenvalue weighted by atomic mass is 10.1. The number of hydrogen-bond acceptors (Lipinski definition) is 4. The first kappa shape index (κ1) is 7.03. The fourth-order valence-corrected chi connectivity index (χ4v) is 2.21. The predicted octanol–water partition coefficient (Wildman–Crippen LogP) is 1.74. The molecule has 0 radical (unpaired) electrons. The van der Waals surface area contributed by atoms with Crippen molar-refractivity contribution < 1.29 is 0 Å². The Morgan fingerprint density at radius 2 is 2.46 bits per heavy atom. The normalized spacial score (nSPS) is 18.2. The summed E-state index contributed by atoms with van der Waals surface area (Å²) >= 11 is 1.45. The van der Waals surface area contributed by atoms with Gasteiger partial charge in [0.2, 0.25) is 0 Å². The van der Waals surface area contributed by atoms with Gasteiger partial charge in [0, 0.05) is 12.7 Å². The van der Waals surface area contributed by atoms with Gasteiger partial charge >= 0.3 is 0 Å². The number of rotatable bonds is 0. The van der Waals surface area contributed by atoms with Gasteiger partial charge in [-0.05, 0) is 23.7 Å². The molecule has 2 aliphatic heterocycles. The van der Waals surface area contributed by atoms with E-state index in [1.165, 1.54) is 22.1 Å². The van der Waals surface area contributed by atoms with Crippen LogP contribution < -0.4 is 0 Å². The molecule has 0 saturated carbocycles. The van der Waals surface area contributed by atoms with E-state index in [0.29, 0.717) is 0 Å². The monoisotopic (exact) mass is 189 g/mol. The molecule has 0 spiro atoms. The Bertz CT molecular complexity index is 428. The summed E-state index contributed by atoms with van der Waals surface area (Å²) in [6.45, 7) is 0.944. The molecule has 13 heavy (non-hydrogen) atoms. The highest BCUT2D eigenvalue weighted by Gasteiger charge is 2.20. The van der Waals surface area contributed by atoms with E-state index in [1.54, 1.807) is 0 Å². The lowest BCUT2D eigenvalue weighted by molar-refractivity contribution is 0.588. The lowest BCUT2D eigenvalue weighted by Crippen LogP contribution is -2.19. The minimum atomic E-state index is 0.944. The Kier molecular flexibility index (Phi) is 1.37. The number of nitrogens with zero attached hydrogens (tertiary/aromatic N) is 3. The topological polar surface area (TPSA) is 29.0 Å². The molecule has 64 valence electrons. The highest BCUT2D eigenvalue weighted by molar-refractivity contribution is 7.07. The van der Waals surface area contributed by atoms with Crippen molar-refractivity contribution in [3.05, 3.63) is 35.0 Å². The summed E-state index contributed by atoms with van der Waals surface area (Å²) in [6, 6.07) is 0. The van der Waals surface area contributed by atoms with Crippen molar-refractivity contribution in [2.45, 2.75) is 0 Å². The Morgan fingerprint density at radius 1 is 1.46 bits per heavy atom. The van der Waals surface area contributed by atoms with Crippen molar-refractivity contribution in [2.75, 3.05) is 6.54 Å². The Balaban J connectivity index is 2.21. The zero-order valence-corrected chi connectivity index (χ0v) is 7.66. The van der Waals surface area contributed by atoms with E-state index < -0.39 is 0 Å². The van der Waals surface area contributed by atoms with Crippen LogP contribution in [0.4, 0.5) is 0 Å². The van der Waals surface area contributed by atoms with E-state index in [0.717, 1.165) is 12.2 Å². The summed E-state index contributed by atoms with van der Waals surface area (Å²) in [5.74, 6) is 0. The molecular weight excluding hydrogens is 182 g/mol. The second-order valence-corrected chi connectivity index (χ2v) is 3.69. The molecule has 0 saturated heterocycles. The second-order valence-electron chi connectivity index (χ2n) is 2.94. The van der Waals surface area contributed by atoms with E-state index in [9.17, 15) is 0 Å². The Labute approximate surface area is 79.9 Å². The van der Waals surface area contributed by atoms with E-state index >= 15 is 0 Å². The zero-order valence-electron chi connectivity index (χ0n) is 6.84. The van der Waals surface area contributed by atoms with Crippen LogP contribution in [0.25, 0.3) is 11.8 Å². The minimum absolute atomic E-state index is 0.944. The third-order valence-electron chi connectivity index (χ3n) is 2.16. The molecule has 0 amide bonds. The molecule has 0 aromatic carbocycles. The molecule has 4 heteroatoms. The summed E-state index contributed by atoms with van der Waals surface area (Å²) in [4.78, 5) is 3.37. The second kappa shape index (κ2) is 2.53. The van der Waals surface area contributed by atoms with Crippen LogP contribution in [0.15, 0.2) is 24.4 Å². The highest BCUT2D eigenvalue weighted by Crippen LogP contribution is 2.31. The first-order valence-corrected chi connectivity index (χ1v) is 4.87. The van der Waals surface area contributed by atoms with Crippen LogP contribution >= 0.6 is 11.5 Å². The predicted molar refractivity (Wildman–Crippen MR) is 52.8 cm³/mol. The van der Waals surface area contributed by atoms with E-state index in [2.05, 4.69) is 38.9 Å². The lowest BCUT2D eigenvalue weighted by Gasteiger charge is -2.26. The number of aromatic nitrogens is 2. The van der Waals surface area contributed by atoms with Crippen molar-refractivity contribution >= 4 is 23.3 Å². The average molecular weight is 189 g/mol. The van der Waals surface area contributed by atoms with Crippen LogP contribution in [0.2, 0.25) is 0 Å². The molecule has 3 nitrogen and oxygen atoms in total. The first-order chi connectivity index (χ1) is 6.45. The highest BCUT2D eigenvalue weighted by atomic mass is 32.1.